The Labute approximate surface area is 157 Å². The molecule has 0 bridgehead atoms. The Kier molecular flexibility index (Phi) is 4.94. The van der Waals surface area contributed by atoms with Gasteiger partial charge < -0.3 is 13.6 Å². The van der Waals surface area contributed by atoms with Crippen LogP contribution in [-0.2, 0) is 14.8 Å². The van der Waals surface area contributed by atoms with E-state index in [1.54, 1.807) is 0 Å². The van der Waals surface area contributed by atoms with E-state index in [9.17, 15) is 23.3 Å². The number of benzene rings is 1. The van der Waals surface area contributed by atoms with E-state index in [1.165, 1.54) is 31.2 Å². The van der Waals surface area contributed by atoms with Crippen LogP contribution in [0.4, 0.5) is 5.69 Å². The lowest BCUT2D eigenvalue weighted by Gasteiger charge is -2.07. The van der Waals surface area contributed by atoms with Crippen molar-refractivity contribution in [2.75, 3.05) is 0 Å². The summed E-state index contributed by atoms with van der Waals surface area (Å²) in [6, 6.07) is 7.56. The molecule has 0 fully saturated rings. The lowest BCUT2D eigenvalue weighted by atomic mass is 10.2. The zero-order valence-electron chi connectivity index (χ0n) is 14.1. The molecular weight excluding hydrogens is 396 g/mol. The summed E-state index contributed by atoms with van der Waals surface area (Å²) >= 11 is 0. The fourth-order valence-corrected chi connectivity index (χ4v) is 2.56. The minimum atomic E-state index is -4.09. The molecule has 0 spiro atoms. The van der Waals surface area contributed by atoms with Crippen LogP contribution in [0.3, 0.4) is 0 Å². The monoisotopic (exact) mass is 408 g/mol. The number of rotatable bonds is 6. The lowest BCUT2D eigenvalue weighted by molar-refractivity contribution is -0.384. The van der Waals surface area contributed by atoms with Gasteiger partial charge in [0.15, 0.2) is 6.10 Å². The average Bonchev–Trinajstić information content (AvgIpc) is 3.31. The molecule has 0 saturated heterocycles. The van der Waals surface area contributed by atoms with Gasteiger partial charge in [-0.15, -0.1) is 10.2 Å². The Balaban J connectivity index is 1.71. The Morgan fingerprint density at radius 2 is 1.86 bits per heavy atom. The number of carbonyl (C=O) groups is 1. The molecule has 0 radical (unpaired) electrons. The summed E-state index contributed by atoms with van der Waals surface area (Å²) in [4.78, 5) is 22.2. The van der Waals surface area contributed by atoms with Crippen molar-refractivity contribution in [3.63, 3.8) is 0 Å². The molecule has 28 heavy (non-hydrogen) atoms. The van der Waals surface area contributed by atoms with E-state index in [4.69, 9.17) is 18.7 Å². The number of carbonyl (C=O) groups excluding carboxylic acids is 1. The van der Waals surface area contributed by atoms with Crippen molar-refractivity contribution in [1.82, 2.24) is 10.2 Å². The molecule has 0 aliphatic carbocycles. The Bertz CT molecular complexity index is 1130. The van der Waals surface area contributed by atoms with Gasteiger partial charge in [0.05, 0.1) is 4.92 Å². The predicted molar refractivity (Wildman–Crippen MR) is 90.3 cm³/mol. The van der Waals surface area contributed by atoms with Crippen molar-refractivity contribution in [3.05, 3.63) is 58.2 Å². The predicted octanol–water partition coefficient (Wildman–Crippen LogP) is 1.80. The molecule has 0 aliphatic heterocycles. The molecule has 1 unspecified atom stereocenters. The number of primary sulfonamides is 1. The second-order valence-corrected chi connectivity index (χ2v) is 6.95. The largest absolute Gasteiger partial charge is 0.447 e. The first kappa shape index (κ1) is 19.2. The van der Waals surface area contributed by atoms with Crippen LogP contribution in [0.1, 0.15) is 29.5 Å². The number of nitro groups is 1. The lowest BCUT2D eigenvalue weighted by Crippen LogP contribution is -2.11. The van der Waals surface area contributed by atoms with Crippen LogP contribution in [0.5, 0.6) is 0 Å². The zero-order chi connectivity index (χ0) is 20.5. The Morgan fingerprint density at radius 3 is 2.43 bits per heavy atom. The van der Waals surface area contributed by atoms with Gasteiger partial charge in [-0.1, -0.05) is 0 Å². The number of ether oxygens (including phenoxy) is 1. The van der Waals surface area contributed by atoms with Crippen molar-refractivity contribution in [1.29, 1.82) is 0 Å². The average molecular weight is 408 g/mol. The van der Waals surface area contributed by atoms with Crippen molar-refractivity contribution < 1.29 is 31.7 Å². The topological polar surface area (TPSA) is 182 Å². The highest BCUT2D eigenvalue weighted by Gasteiger charge is 2.23. The minimum absolute atomic E-state index is 0.0417. The number of furan rings is 1. The smallest absolute Gasteiger partial charge is 0.375 e. The molecule has 13 heteroatoms. The standard InChI is InChI=1S/C15H12N4O8S/c1-8(25-15(20)11-6-7-12(26-11)28(16,23)24)13-17-18-14(27-13)9-2-4-10(5-3-9)19(21)22/h2-8H,1H3,(H2,16,23,24). The SMILES string of the molecule is CC(OC(=O)c1ccc(S(N)(=O)=O)o1)c1nnc(-c2ccc([N+](=O)[O-])cc2)o1. The number of hydrogen-bond donors (Lipinski definition) is 1. The van der Waals surface area contributed by atoms with Crippen LogP contribution in [0.15, 0.2) is 50.3 Å². The third-order valence-corrected chi connectivity index (χ3v) is 4.24. The highest BCUT2D eigenvalue weighted by atomic mass is 32.2. The van der Waals surface area contributed by atoms with E-state index < -0.39 is 32.1 Å². The number of esters is 1. The maximum absolute atomic E-state index is 12.0. The van der Waals surface area contributed by atoms with Crippen LogP contribution in [0.2, 0.25) is 0 Å². The summed E-state index contributed by atoms with van der Waals surface area (Å²) in [6.07, 6.45) is -0.977. The van der Waals surface area contributed by atoms with Crippen molar-refractivity contribution in [3.8, 4) is 11.5 Å². The molecule has 0 amide bonds. The van der Waals surface area contributed by atoms with E-state index in [2.05, 4.69) is 10.2 Å². The van der Waals surface area contributed by atoms with Gasteiger partial charge in [0.2, 0.25) is 16.7 Å². The van der Waals surface area contributed by atoms with E-state index in [0.29, 0.717) is 5.56 Å². The zero-order valence-corrected chi connectivity index (χ0v) is 15.0. The normalized spacial score (nSPS) is 12.5. The first-order valence-corrected chi connectivity index (χ1v) is 9.11. The number of nitro benzene ring substituents is 1. The number of non-ortho nitro benzene ring substituents is 1. The Hall–Kier alpha value is -3.58. The van der Waals surface area contributed by atoms with Crippen LogP contribution >= 0.6 is 0 Å². The van der Waals surface area contributed by atoms with Gasteiger partial charge in [-0.3, -0.25) is 10.1 Å². The third-order valence-electron chi connectivity index (χ3n) is 3.46. The quantitative estimate of drug-likeness (QED) is 0.358. The summed E-state index contributed by atoms with van der Waals surface area (Å²) < 4.78 is 37.7. The summed E-state index contributed by atoms with van der Waals surface area (Å²) in [6.45, 7) is 1.45. The summed E-state index contributed by atoms with van der Waals surface area (Å²) in [7, 11) is -4.09. The van der Waals surface area contributed by atoms with Gasteiger partial charge in [0, 0.05) is 17.7 Å². The summed E-state index contributed by atoms with van der Waals surface area (Å²) in [5.74, 6) is -1.30. The molecule has 1 aromatic carbocycles. The molecule has 146 valence electrons. The van der Waals surface area contributed by atoms with Gasteiger partial charge in [0.1, 0.15) is 0 Å². The molecule has 1 atom stereocenters. The summed E-state index contributed by atoms with van der Waals surface area (Å²) in [5, 5.41) is 22.6. The molecule has 0 saturated carbocycles. The maximum atomic E-state index is 12.0. The van der Waals surface area contributed by atoms with Gasteiger partial charge >= 0.3 is 5.97 Å². The number of nitrogens with zero attached hydrogens (tertiary/aromatic N) is 3. The van der Waals surface area contributed by atoms with Crippen molar-refractivity contribution in [2.24, 2.45) is 5.14 Å². The second-order valence-electron chi connectivity index (χ2n) is 5.46. The summed E-state index contributed by atoms with van der Waals surface area (Å²) in [5.41, 5.74) is 0.342. The molecule has 0 aliphatic rings. The first-order chi connectivity index (χ1) is 13.1. The highest BCUT2D eigenvalue weighted by molar-refractivity contribution is 7.89. The number of aromatic nitrogens is 2. The second kappa shape index (κ2) is 7.21. The minimum Gasteiger partial charge on any atom is -0.447 e. The van der Waals surface area contributed by atoms with E-state index in [1.807, 2.05) is 0 Å². The maximum Gasteiger partial charge on any atom is 0.375 e. The molecule has 12 nitrogen and oxygen atoms in total. The van der Waals surface area contributed by atoms with Crippen molar-refractivity contribution in [2.45, 2.75) is 18.1 Å². The van der Waals surface area contributed by atoms with E-state index >= 15 is 0 Å². The van der Waals surface area contributed by atoms with Crippen molar-refractivity contribution >= 4 is 21.7 Å². The van der Waals surface area contributed by atoms with Gasteiger partial charge in [-0.2, -0.15) is 0 Å². The molecule has 3 aromatic rings. The number of nitrogens with two attached hydrogens (primary N) is 1. The van der Waals surface area contributed by atoms with Gasteiger partial charge in [-0.25, -0.2) is 18.4 Å². The van der Waals surface area contributed by atoms with Crippen LogP contribution in [-0.4, -0.2) is 29.5 Å². The Morgan fingerprint density at radius 1 is 1.18 bits per heavy atom. The first-order valence-electron chi connectivity index (χ1n) is 7.57. The number of sulfonamides is 1. The van der Waals surface area contributed by atoms with Crippen LogP contribution in [0, 0.1) is 10.1 Å². The third kappa shape index (κ3) is 4.05. The van der Waals surface area contributed by atoms with Crippen LogP contribution in [0.25, 0.3) is 11.5 Å². The molecule has 3 rings (SSSR count). The molecule has 2 N–H and O–H groups in total. The fourth-order valence-electron chi connectivity index (χ4n) is 2.09. The van der Waals surface area contributed by atoms with Crippen LogP contribution < -0.4 is 5.14 Å². The molecular formula is C15H12N4O8S. The molecule has 2 heterocycles. The van der Waals surface area contributed by atoms with E-state index in [-0.39, 0.29) is 23.2 Å². The van der Waals surface area contributed by atoms with Gasteiger partial charge in [0.25, 0.3) is 21.6 Å². The van der Waals surface area contributed by atoms with E-state index in [0.717, 1.165) is 12.1 Å². The molecule has 2 aromatic heterocycles. The number of hydrogen-bond acceptors (Lipinski definition) is 10. The van der Waals surface area contributed by atoms with Gasteiger partial charge in [-0.05, 0) is 31.2 Å². The highest BCUT2D eigenvalue weighted by Crippen LogP contribution is 2.25. The fraction of sp³-hybridized carbons (Fsp3) is 0.133.